The molecule has 3 rings (SSSR count). The van der Waals surface area contributed by atoms with Crippen LogP contribution in [-0.4, -0.2) is 25.5 Å². The molecule has 0 aliphatic rings. The summed E-state index contributed by atoms with van der Waals surface area (Å²) in [6.07, 6.45) is 3.30. The highest BCUT2D eigenvalue weighted by Gasteiger charge is 2.16. The molecule has 1 aromatic carbocycles. The van der Waals surface area contributed by atoms with E-state index in [4.69, 9.17) is 23.2 Å². The summed E-state index contributed by atoms with van der Waals surface area (Å²) in [5.74, 6) is 0.00228. The smallest absolute Gasteiger partial charge is 0.260 e. The molecule has 2 heterocycles. The quantitative estimate of drug-likeness (QED) is 0.770. The lowest BCUT2D eigenvalue weighted by molar-refractivity contribution is 0.102. The number of carbonyl (C=O) groups excluding carboxylic acids is 1. The predicted molar refractivity (Wildman–Crippen MR) is 93.7 cm³/mol. The molecule has 0 saturated carbocycles. The summed E-state index contributed by atoms with van der Waals surface area (Å²) in [4.78, 5) is 12.3. The largest absolute Gasteiger partial charge is 0.304 e. The number of halogens is 2. The van der Waals surface area contributed by atoms with Crippen LogP contribution in [0, 0.1) is 6.92 Å². The molecule has 8 heteroatoms. The molecule has 6 nitrogen and oxygen atoms in total. The Balaban J connectivity index is 1.78. The van der Waals surface area contributed by atoms with Crippen molar-refractivity contribution in [3.8, 4) is 0 Å². The van der Waals surface area contributed by atoms with Gasteiger partial charge in [0.25, 0.3) is 5.91 Å². The lowest BCUT2D eigenvalue weighted by atomic mass is 10.2. The monoisotopic (exact) mass is 363 g/mol. The molecule has 1 N–H and O–H groups in total. The number of anilines is 1. The maximum Gasteiger partial charge on any atom is 0.260 e. The molecule has 0 saturated heterocycles. The summed E-state index contributed by atoms with van der Waals surface area (Å²) in [5, 5.41) is 12.2. The van der Waals surface area contributed by atoms with E-state index < -0.39 is 0 Å². The van der Waals surface area contributed by atoms with Crippen LogP contribution in [0.5, 0.6) is 0 Å². The number of nitrogens with zero attached hydrogens (tertiary/aromatic N) is 4. The van der Waals surface area contributed by atoms with E-state index in [-0.39, 0.29) is 5.91 Å². The van der Waals surface area contributed by atoms with Crippen LogP contribution in [0.4, 0.5) is 5.82 Å². The predicted octanol–water partition coefficient (Wildman–Crippen LogP) is 3.53. The van der Waals surface area contributed by atoms with E-state index in [0.29, 0.717) is 33.7 Å². The fourth-order valence-electron chi connectivity index (χ4n) is 2.36. The molecular formula is C16H15Cl2N5O. The molecule has 24 heavy (non-hydrogen) atoms. The SMILES string of the molecule is Cc1nn(C)cc1C(=O)Nc1nn(Cc2ccccc2Cl)cc1Cl. The number of rotatable bonds is 4. The van der Waals surface area contributed by atoms with E-state index >= 15 is 0 Å². The highest BCUT2D eigenvalue weighted by Crippen LogP contribution is 2.22. The zero-order valence-electron chi connectivity index (χ0n) is 13.1. The van der Waals surface area contributed by atoms with E-state index in [1.54, 1.807) is 35.7 Å². The number of aryl methyl sites for hydroxylation is 2. The minimum Gasteiger partial charge on any atom is -0.304 e. The van der Waals surface area contributed by atoms with Crippen LogP contribution in [0.3, 0.4) is 0 Å². The normalized spacial score (nSPS) is 10.8. The number of amides is 1. The molecule has 0 spiro atoms. The van der Waals surface area contributed by atoms with Crippen molar-refractivity contribution < 1.29 is 4.79 Å². The summed E-state index contributed by atoms with van der Waals surface area (Å²) >= 11 is 12.3. The molecule has 2 aromatic heterocycles. The molecule has 124 valence electrons. The second-order valence-electron chi connectivity index (χ2n) is 5.37. The number of hydrogen-bond acceptors (Lipinski definition) is 3. The number of nitrogens with one attached hydrogen (secondary N) is 1. The first-order valence-electron chi connectivity index (χ1n) is 7.22. The lowest BCUT2D eigenvalue weighted by Gasteiger charge is -2.04. The Bertz CT molecular complexity index is 900. The van der Waals surface area contributed by atoms with Crippen molar-refractivity contribution in [3.63, 3.8) is 0 Å². The zero-order chi connectivity index (χ0) is 17.3. The van der Waals surface area contributed by atoms with Crippen molar-refractivity contribution >= 4 is 34.9 Å². The first-order valence-corrected chi connectivity index (χ1v) is 7.97. The topological polar surface area (TPSA) is 64.7 Å². The summed E-state index contributed by atoms with van der Waals surface area (Å²) in [7, 11) is 1.76. The Morgan fingerprint density at radius 3 is 2.58 bits per heavy atom. The van der Waals surface area contributed by atoms with Gasteiger partial charge in [0.1, 0.15) is 5.02 Å². The average Bonchev–Trinajstić information content (AvgIpc) is 3.04. The van der Waals surface area contributed by atoms with Gasteiger partial charge < -0.3 is 5.32 Å². The van der Waals surface area contributed by atoms with Crippen molar-refractivity contribution in [3.05, 3.63) is 63.5 Å². The van der Waals surface area contributed by atoms with Crippen LogP contribution >= 0.6 is 23.2 Å². The molecule has 0 radical (unpaired) electrons. The Morgan fingerprint density at radius 1 is 1.17 bits per heavy atom. The van der Waals surface area contributed by atoms with Crippen LogP contribution in [0.25, 0.3) is 0 Å². The van der Waals surface area contributed by atoms with Gasteiger partial charge in [-0.3, -0.25) is 14.2 Å². The number of benzene rings is 1. The highest BCUT2D eigenvalue weighted by molar-refractivity contribution is 6.33. The van der Waals surface area contributed by atoms with Gasteiger partial charge in [-0.2, -0.15) is 10.2 Å². The van der Waals surface area contributed by atoms with Crippen molar-refractivity contribution in [1.82, 2.24) is 19.6 Å². The van der Waals surface area contributed by atoms with Gasteiger partial charge >= 0.3 is 0 Å². The second-order valence-corrected chi connectivity index (χ2v) is 6.19. The molecule has 0 unspecified atom stereocenters. The van der Waals surface area contributed by atoms with Crippen LogP contribution in [0.1, 0.15) is 21.6 Å². The highest BCUT2D eigenvalue weighted by atomic mass is 35.5. The molecule has 0 bridgehead atoms. The summed E-state index contributed by atoms with van der Waals surface area (Å²) in [6, 6.07) is 7.50. The standard InChI is InChI=1S/C16H15Cl2N5O/c1-10-12(8-22(2)20-10)16(24)19-15-14(18)9-23(21-15)7-11-5-3-4-6-13(11)17/h3-6,8-9H,7H2,1-2H3,(H,19,21,24). The maximum atomic E-state index is 12.3. The van der Waals surface area contributed by atoms with Crippen LogP contribution < -0.4 is 5.32 Å². The van der Waals surface area contributed by atoms with E-state index in [2.05, 4.69) is 15.5 Å². The van der Waals surface area contributed by atoms with Crippen LogP contribution in [0.15, 0.2) is 36.7 Å². The molecule has 0 aliphatic carbocycles. The molecule has 0 aliphatic heterocycles. The van der Waals surface area contributed by atoms with Gasteiger partial charge in [0.05, 0.1) is 17.8 Å². The van der Waals surface area contributed by atoms with Crippen LogP contribution in [-0.2, 0) is 13.6 Å². The van der Waals surface area contributed by atoms with E-state index in [1.165, 1.54) is 0 Å². The van der Waals surface area contributed by atoms with Crippen molar-refractivity contribution in [1.29, 1.82) is 0 Å². The minimum absolute atomic E-state index is 0.300. The van der Waals surface area contributed by atoms with Crippen molar-refractivity contribution in [2.45, 2.75) is 13.5 Å². The fourth-order valence-corrected chi connectivity index (χ4v) is 2.75. The number of hydrogen-bond donors (Lipinski definition) is 1. The minimum atomic E-state index is -0.300. The van der Waals surface area contributed by atoms with Crippen LogP contribution in [0.2, 0.25) is 10.0 Å². The van der Waals surface area contributed by atoms with Gasteiger partial charge in [-0.1, -0.05) is 41.4 Å². The van der Waals surface area contributed by atoms with Gasteiger partial charge in [0, 0.05) is 24.5 Å². The third-order valence-electron chi connectivity index (χ3n) is 3.50. The lowest BCUT2D eigenvalue weighted by Crippen LogP contribution is -2.13. The summed E-state index contributed by atoms with van der Waals surface area (Å²) in [5.41, 5.74) is 2.04. The van der Waals surface area contributed by atoms with Gasteiger partial charge in [0.2, 0.25) is 0 Å². The Kier molecular flexibility index (Phi) is 4.59. The van der Waals surface area contributed by atoms with E-state index in [0.717, 1.165) is 5.56 Å². The molecule has 3 aromatic rings. The maximum absolute atomic E-state index is 12.3. The van der Waals surface area contributed by atoms with E-state index in [9.17, 15) is 4.79 Å². The van der Waals surface area contributed by atoms with Crippen molar-refractivity contribution in [2.75, 3.05) is 5.32 Å². The molecule has 1 amide bonds. The van der Waals surface area contributed by atoms with Gasteiger partial charge in [-0.05, 0) is 18.6 Å². The molecular weight excluding hydrogens is 349 g/mol. The summed E-state index contributed by atoms with van der Waals surface area (Å²) in [6.45, 7) is 2.23. The molecule has 0 fully saturated rings. The van der Waals surface area contributed by atoms with Gasteiger partial charge in [0.15, 0.2) is 5.82 Å². The van der Waals surface area contributed by atoms with Gasteiger partial charge in [-0.25, -0.2) is 0 Å². The summed E-state index contributed by atoms with van der Waals surface area (Å²) < 4.78 is 3.22. The number of carbonyl (C=O) groups is 1. The average molecular weight is 364 g/mol. The second kappa shape index (κ2) is 6.67. The Hall–Kier alpha value is -2.31. The first-order chi connectivity index (χ1) is 11.4. The Labute approximate surface area is 149 Å². The third-order valence-corrected chi connectivity index (χ3v) is 4.14. The molecule has 0 atom stereocenters. The Morgan fingerprint density at radius 2 is 1.92 bits per heavy atom. The number of aromatic nitrogens is 4. The zero-order valence-corrected chi connectivity index (χ0v) is 14.6. The van der Waals surface area contributed by atoms with E-state index in [1.807, 2.05) is 24.3 Å². The third kappa shape index (κ3) is 3.44. The fraction of sp³-hybridized carbons (Fsp3) is 0.188. The van der Waals surface area contributed by atoms with Crippen molar-refractivity contribution in [2.24, 2.45) is 7.05 Å². The first kappa shape index (κ1) is 16.5. The van der Waals surface area contributed by atoms with Gasteiger partial charge in [-0.15, -0.1) is 0 Å².